The van der Waals surface area contributed by atoms with Crippen molar-refractivity contribution in [2.45, 2.75) is 13.8 Å². The molecule has 1 rings (SSSR count). The van der Waals surface area contributed by atoms with Crippen LogP contribution in [0.5, 0.6) is 0 Å². The second-order valence-electron chi connectivity index (χ2n) is 3.69. The molecule has 1 aromatic heterocycles. The maximum atomic E-state index is 10.4. The third-order valence-electron chi connectivity index (χ3n) is 2.35. The van der Waals surface area contributed by atoms with Crippen molar-refractivity contribution in [1.29, 1.82) is 5.26 Å². The number of nitrogens with zero attached hydrogens (tertiary/aromatic N) is 3. The first-order chi connectivity index (χ1) is 8.56. The number of aryl methyl sites for hydroxylation is 1. The summed E-state index contributed by atoms with van der Waals surface area (Å²) in [7, 11) is 0. The zero-order chi connectivity index (χ0) is 13.5. The first kappa shape index (κ1) is 13.9. The molecule has 0 saturated carbocycles. The van der Waals surface area contributed by atoms with E-state index in [-0.39, 0.29) is 6.61 Å². The largest absolute Gasteiger partial charge is 0.370 e. The third-order valence-corrected chi connectivity index (χ3v) is 2.35. The summed E-state index contributed by atoms with van der Waals surface area (Å²) in [6, 6.07) is 2.08. The van der Waals surface area contributed by atoms with Crippen LogP contribution in [0, 0.1) is 25.2 Å². The number of carbonyl (C=O) groups is 1. The van der Waals surface area contributed by atoms with E-state index in [0.717, 1.165) is 11.3 Å². The van der Waals surface area contributed by atoms with Gasteiger partial charge in [-0.1, -0.05) is 0 Å². The summed E-state index contributed by atoms with van der Waals surface area (Å²) in [6.45, 7) is 4.20. The van der Waals surface area contributed by atoms with Crippen molar-refractivity contribution >= 4 is 11.7 Å². The van der Waals surface area contributed by atoms with E-state index in [2.05, 4.69) is 21.6 Å². The number of carbonyl (C=O) groups excluding carboxylic acids is 1. The average molecular weight is 249 g/mol. The van der Waals surface area contributed by atoms with Gasteiger partial charge in [-0.05, 0) is 19.4 Å². The Bertz CT molecular complexity index is 481. The summed E-state index contributed by atoms with van der Waals surface area (Å²) in [6.07, 6.45) is 0. The van der Waals surface area contributed by atoms with Crippen LogP contribution in [0.4, 0.5) is 5.82 Å². The summed E-state index contributed by atoms with van der Waals surface area (Å²) in [4.78, 5) is 10.4. The average Bonchev–Trinajstić information content (AvgIpc) is 2.33. The molecule has 1 amide bonds. The van der Waals surface area contributed by atoms with Crippen molar-refractivity contribution in [3.05, 3.63) is 16.8 Å². The third kappa shape index (κ3) is 3.68. The maximum absolute atomic E-state index is 10.4. The quantitative estimate of drug-likeness (QED) is 0.679. The summed E-state index contributed by atoms with van der Waals surface area (Å²) in [5.41, 5.74) is 6.91. The van der Waals surface area contributed by atoms with Gasteiger partial charge in [-0.25, -0.2) is 0 Å². The van der Waals surface area contributed by atoms with E-state index in [4.69, 9.17) is 15.7 Å². The van der Waals surface area contributed by atoms with Crippen molar-refractivity contribution < 1.29 is 9.53 Å². The highest BCUT2D eigenvalue weighted by Crippen LogP contribution is 2.16. The molecule has 0 aliphatic rings. The van der Waals surface area contributed by atoms with Crippen molar-refractivity contribution in [2.75, 3.05) is 25.1 Å². The number of hydrogen-bond acceptors (Lipinski definition) is 6. The number of hydrogen-bond donors (Lipinski definition) is 2. The minimum Gasteiger partial charge on any atom is -0.370 e. The molecule has 0 aliphatic heterocycles. The predicted molar refractivity (Wildman–Crippen MR) is 64.7 cm³/mol. The van der Waals surface area contributed by atoms with E-state index in [1.54, 1.807) is 6.92 Å². The SMILES string of the molecule is Cc1nnc(NCCOCC(N)=O)c(C#N)c1C. The van der Waals surface area contributed by atoms with Gasteiger partial charge < -0.3 is 15.8 Å². The number of nitrogens with two attached hydrogens (primary N) is 1. The smallest absolute Gasteiger partial charge is 0.243 e. The minimum atomic E-state index is -0.515. The number of rotatable bonds is 6. The monoisotopic (exact) mass is 249 g/mol. The van der Waals surface area contributed by atoms with Crippen LogP contribution < -0.4 is 11.1 Å². The summed E-state index contributed by atoms with van der Waals surface area (Å²) < 4.78 is 4.98. The van der Waals surface area contributed by atoms with Gasteiger partial charge in [0, 0.05) is 6.54 Å². The molecule has 0 aromatic carbocycles. The Morgan fingerprint density at radius 3 is 2.83 bits per heavy atom. The van der Waals surface area contributed by atoms with Gasteiger partial charge >= 0.3 is 0 Å². The Labute approximate surface area is 105 Å². The minimum absolute atomic E-state index is 0.120. The molecule has 18 heavy (non-hydrogen) atoms. The van der Waals surface area contributed by atoms with Crippen LogP contribution in [0.3, 0.4) is 0 Å². The fourth-order valence-corrected chi connectivity index (χ4v) is 1.28. The maximum Gasteiger partial charge on any atom is 0.243 e. The molecule has 96 valence electrons. The van der Waals surface area contributed by atoms with Gasteiger partial charge in [0.1, 0.15) is 18.2 Å². The second kappa shape index (κ2) is 6.51. The predicted octanol–water partition coefficient (Wildman–Crippen LogP) is -0.121. The molecule has 0 atom stereocenters. The van der Waals surface area contributed by atoms with E-state index in [1.807, 2.05) is 6.92 Å². The molecule has 0 spiro atoms. The van der Waals surface area contributed by atoms with Crippen LogP contribution >= 0.6 is 0 Å². The Balaban J connectivity index is 2.55. The highest BCUT2D eigenvalue weighted by molar-refractivity contribution is 5.74. The van der Waals surface area contributed by atoms with Gasteiger partial charge in [-0.15, -0.1) is 5.10 Å². The molecule has 0 saturated heterocycles. The number of ether oxygens (including phenoxy) is 1. The van der Waals surface area contributed by atoms with Crippen LogP contribution in [0.25, 0.3) is 0 Å². The lowest BCUT2D eigenvalue weighted by Crippen LogP contribution is -2.21. The van der Waals surface area contributed by atoms with Gasteiger partial charge in [-0.3, -0.25) is 4.79 Å². The topological polar surface area (TPSA) is 114 Å². The van der Waals surface area contributed by atoms with E-state index < -0.39 is 5.91 Å². The first-order valence-corrected chi connectivity index (χ1v) is 5.40. The van der Waals surface area contributed by atoms with Gasteiger partial charge in [0.25, 0.3) is 0 Å². The molecule has 0 bridgehead atoms. The normalized spacial score (nSPS) is 9.83. The molecule has 1 aromatic rings. The lowest BCUT2D eigenvalue weighted by molar-refractivity contribution is -0.122. The van der Waals surface area contributed by atoms with Crippen LogP contribution in [0.2, 0.25) is 0 Å². The molecular formula is C11H15N5O2. The van der Waals surface area contributed by atoms with Crippen LogP contribution in [-0.4, -0.2) is 35.9 Å². The van der Waals surface area contributed by atoms with Gasteiger partial charge in [-0.2, -0.15) is 10.4 Å². The van der Waals surface area contributed by atoms with E-state index in [9.17, 15) is 4.79 Å². The van der Waals surface area contributed by atoms with Crippen molar-refractivity contribution in [3.8, 4) is 6.07 Å². The molecule has 7 nitrogen and oxygen atoms in total. The van der Waals surface area contributed by atoms with E-state index >= 15 is 0 Å². The number of anilines is 1. The number of aromatic nitrogens is 2. The molecule has 0 radical (unpaired) electrons. The molecule has 0 unspecified atom stereocenters. The molecule has 0 aliphatic carbocycles. The molecule has 0 fully saturated rings. The summed E-state index contributed by atoms with van der Waals surface area (Å²) >= 11 is 0. The van der Waals surface area contributed by atoms with Crippen LogP contribution in [0.15, 0.2) is 0 Å². The molecule has 7 heteroatoms. The molecular weight excluding hydrogens is 234 g/mol. The Morgan fingerprint density at radius 1 is 1.50 bits per heavy atom. The summed E-state index contributed by atoms with van der Waals surface area (Å²) in [5, 5.41) is 19.8. The number of amides is 1. The number of primary amides is 1. The Hall–Kier alpha value is -2.20. The van der Waals surface area contributed by atoms with Gasteiger partial charge in [0.2, 0.25) is 5.91 Å². The highest BCUT2D eigenvalue weighted by atomic mass is 16.5. The van der Waals surface area contributed by atoms with Gasteiger partial charge in [0.05, 0.1) is 12.3 Å². The molecule has 1 heterocycles. The fraction of sp³-hybridized carbons (Fsp3) is 0.455. The van der Waals surface area contributed by atoms with E-state index in [1.165, 1.54) is 0 Å². The van der Waals surface area contributed by atoms with Crippen LogP contribution in [-0.2, 0) is 9.53 Å². The lowest BCUT2D eigenvalue weighted by Gasteiger charge is -2.09. The lowest BCUT2D eigenvalue weighted by atomic mass is 10.1. The Kier molecular flexibility index (Phi) is 5.02. The molecule has 3 N–H and O–H groups in total. The van der Waals surface area contributed by atoms with Crippen molar-refractivity contribution in [3.63, 3.8) is 0 Å². The highest BCUT2D eigenvalue weighted by Gasteiger charge is 2.09. The first-order valence-electron chi connectivity index (χ1n) is 5.40. The number of nitriles is 1. The zero-order valence-electron chi connectivity index (χ0n) is 10.4. The Morgan fingerprint density at radius 2 is 2.22 bits per heavy atom. The van der Waals surface area contributed by atoms with Crippen LogP contribution in [0.1, 0.15) is 16.8 Å². The van der Waals surface area contributed by atoms with E-state index in [0.29, 0.717) is 24.5 Å². The van der Waals surface area contributed by atoms with Crippen molar-refractivity contribution in [1.82, 2.24) is 10.2 Å². The standard InChI is InChI=1S/C11H15N5O2/c1-7-8(2)15-16-11(9(7)5-12)14-3-4-18-6-10(13)17/h3-4,6H2,1-2H3,(H2,13,17)(H,14,16). The zero-order valence-corrected chi connectivity index (χ0v) is 10.4. The number of nitrogens with one attached hydrogen (secondary N) is 1. The summed E-state index contributed by atoms with van der Waals surface area (Å²) in [5.74, 6) is -0.0954. The van der Waals surface area contributed by atoms with Crippen molar-refractivity contribution in [2.24, 2.45) is 5.73 Å². The van der Waals surface area contributed by atoms with Gasteiger partial charge in [0.15, 0.2) is 5.82 Å². The second-order valence-corrected chi connectivity index (χ2v) is 3.69. The fourth-order valence-electron chi connectivity index (χ4n) is 1.28.